The van der Waals surface area contributed by atoms with Gasteiger partial charge in [0.15, 0.2) is 0 Å². The first kappa shape index (κ1) is 22.2. The van der Waals surface area contributed by atoms with Crippen LogP contribution in [0.4, 0.5) is 32.0 Å². The summed E-state index contributed by atoms with van der Waals surface area (Å²) < 4.78 is 76.7. The molecule has 0 spiro atoms. The quantitative estimate of drug-likeness (QED) is 0.414. The number of hydrogen-bond donors (Lipinski definition) is 1. The van der Waals surface area contributed by atoms with E-state index in [4.69, 9.17) is 0 Å². The molecule has 0 aliphatic carbocycles. The van der Waals surface area contributed by atoms with Gasteiger partial charge in [0, 0.05) is 29.5 Å². The summed E-state index contributed by atoms with van der Waals surface area (Å²) in [5.41, 5.74) is 0.350. The Labute approximate surface area is 181 Å². The van der Waals surface area contributed by atoms with Crippen LogP contribution >= 0.6 is 0 Å². The maximum absolute atomic E-state index is 12.7. The van der Waals surface area contributed by atoms with Crippen molar-refractivity contribution in [2.45, 2.75) is 18.9 Å². The van der Waals surface area contributed by atoms with E-state index in [0.29, 0.717) is 28.1 Å². The van der Waals surface area contributed by atoms with Crippen molar-refractivity contribution in [2.75, 3.05) is 5.32 Å². The van der Waals surface area contributed by atoms with E-state index in [9.17, 15) is 31.1 Å². The minimum atomic E-state index is -4.63. The number of fused-ring (bicyclic) bond motifs is 1. The van der Waals surface area contributed by atoms with Gasteiger partial charge in [-0.05, 0) is 29.8 Å². The molecular formula is C21H13F6N5O. The molecule has 33 heavy (non-hydrogen) atoms. The summed E-state index contributed by atoms with van der Waals surface area (Å²) in [5.74, 6) is -0.700. The van der Waals surface area contributed by atoms with Crippen LogP contribution in [0.25, 0.3) is 22.0 Å². The highest BCUT2D eigenvalue weighted by molar-refractivity contribution is 6.09. The first-order valence-corrected chi connectivity index (χ1v) is 9.33. The van der Waals surface area contributed by atoms with Gasteiger partial charge in [-0.25, -0.2) is 0 Å². The minimum Gasteiger partial charge on any atom is -0.320 e. The van der Waals surface area contributed by atoms with Crippen LogP contribution in [0.15, 0.2) is 61.2 Å². The molecule has 0 unspecified atom stereocenters. The van der Waals surface area contributed by atoms with Gasteiger partial charge in [-0.15, -0.1) is 0 Å². The molecule has 0 fully saturated rings. The first-order valence-electron chi connectivity index (χ1n) is 9.33. The van der Waals surface area contributed by atoms with Gasteiger partial charge in [-0.3, -0.25) is 19.4 Å². The van der Waals surface area contributed by atoms with Crippen molar-refractivity contribution in [1.29, 1.82) is 0 Å². The van der Waals surface area contributed by atoms with E-state index in [2.05, 4.69) is 20.4 Å². The monoisotopic (exact) mass is 465 g/mol. The Kier molecular flexibility index (Phi) is 5.52. The third kappa shape index (κ3) is 4.94. The first-order chi connectivity index (χ1) is 15.5. The van der Waals surface area contributed by atoms with E-state index in [1.54, 1.807) is 24.3 Å². The molecule has 3 heterocycles. The molecule has 0 aliphatic heterocycles. The number of carbonyl (C=O) groups excluding carboxylic acids is 1. The van der Waals surface area contributed by atoms with Crippen LogP contribution in [0.1, 0.15) is 16.1 Å². The number of alkyl halides is 6. The number of benzene rings is 1. The summed E-state index contributed by atoms with van der Waals surface area (Å²) in [6.07, 6.45) is -4.26. The molecule has 1 amide bonds. The minimum absolute atomic E-state index is 0.0930. The van der Waals surface area contributed by atoms with Crippen molar-refractivity contribution < 1.29 is 31.1 Å². The second-order valence-corrected chi connectivity index (χ2v) is 6.99. The number of amides is 1. The molecule has 3 aromatic heterocycles. The average Bonchev–Trinajstić information content (AvgIpc) is 3.19. The zero-order chi connectivity index (χ0) is 23.8. The number of nitrogens with one attached hydrogen (secondary N) is 1. The Morgan fingerprint density at radius 2 is 1.76 bits per heavy atom. The van der Waals surface area contributed by atoms with E-state index < -0.39 is 30.5 Å². The Bertz CT molecular complexity index is 1310. The number of hydrogen-bond acceptors (Lipinski definition) is 4. The molecule has 0 saturated carbocycles. The van der Waals surface area contributed by atoms with E-state index in [-0.39, 0.29) is 11.3 Å². The van der Waals surface area contributed by atoms with Gasteiger partial charge in [0.1, 0.15) is 12.2 Å². The third-order valence-electron chi connectivity index (χ3n) is 4.62. The van der Waals surface area contributed by atoms with Crippen LogP contribution < -0.4 is 5.32 Å². The molecule has 4 aromatic rings. The lowest BCUT2D eigenvalue weighted by molar-refractivity contribution is -0.143. The fourth-order valence-electron chi connectivity index (χ4n) is 3.19. The maximum Gasteiger partial charge on any atom is 0.433 e. The normalized spacial score (nSPS) is 12.2. The lowest BCUT2D eigenvalue weighted by atomic mass is 10.0. The van der Waals surface area contributed by atoms with Crippen LogP contribution in [0.3, 0.4) is 0 Å². The van der Waals surface area contributed by atoms with Crippen molar-refractivity contribution in [1.82, 2.24) is 19.7 Å². The van der Waals surface area contributed by atoms with Crippen molar-refractivity contribution in [2.24, 2.45) is 0 Å². The highest BCUT2D eigenvalue weighted by atomic mass is 19.4. The standard InChI is InChI=1S/C21H13F6N5O/c22-20(23,24)11-32-10-13(9-30-32)14-6-7-28-18-15(14)2-1-3-16(18)31-19(33)12-4-5-17(29-8-12)21(25,26)27/h1-10H,11H2,(H,31,33). The topological polar surface area (TPSA) is 72.7 Å². The van der Waals surface area contributed by atoms with Gasteiger partial charge in [-0.2, -0.15) is 31.4 Å². The number of carbonyl (C=O) groups is 1. The molecule has 1 aromatic carbocycles. The second-order valence-electron chi connectivity index (χ2n) is 6.99. The van der Waals surface area contributed by atoms with Gasteiger partial charge in [0.2, 0.25) is 0 Å². The Morgan fingerprint density at radius 3 is 2.42 bits per heavy atom. The summed E-state index contributed by atoms with van der Waals surface area (Å²) in [7, 11) is 0. The van der Waals surface area contributed by atoms with Crippen LogP contribution in [-0.2, 0) is 12.7 Å². The summed E-state index contributed by atoms with van der Waals surface area (Å²) in [5, 5.41) is 6.86. The van der Waals surface area contributed by atoms with Gasteiger partial charge in [0.25, 0.3) is 5.91 Å². The van der Waals surface area contributed by atoms with Crippen molar-refractivity contribution in [3.63, 3.8) is 0 Å². The predicted octanol–water partition coefficient (Wildman–Crippen LogP) is 5.33. The van der Waals surface area contributed by atoms with Gasteiger partial charge < -0.3 is 5.32 Å². The molecule has 0 saturated heterocycles. The number of anilines is 1. The fraction of sp³-hybridized carbons (Fsp3) is 0.143. The second kappa shape index (κ2) is 8.19. The number of para-hydroxylation sites is 1. The Balaban J connectivity index is 1.63. The highest BCUT2D eigenvalue weighted by Crippen LogP contribution is 2.32. The largest absolute Gasteiger partial charge is 0.433 e. The summed E-state index contributed by atoms with van der Waals surface area (Å²) in [6, 6.07) is 8.13. The summed E-state index contributed by atoms with van der Waals surface area (Å²) in [4.78, 5) is 20.0. The third-order valence-corrected chi connectivity index (χ3v) is 4.62. The summed E-state index contributed by atoms with van der Waals surface area (Å²) >= 11 is 0. The number of aromatic nitrogens is 4. The molecule has 12 heteroatoms. The van der Waals surface area contributed by atoms with E-state index in [1.807, 2.05) is 0 Å². The van der Waals surface area contributed by atoms with Crippen molar-refractivity contribution in [3.8, 4) is 11.1 Å². The summed E-state index contributed by atoms with van der Waals surface area (Å²) in [6.45, 7) is -1.24. The molecule has 4 rings (SSSR count). The van der Waals surface area contributed by atoms with Crippen molar-refractivity contribution in [3.05, 3.63) is 72.4 Å². The van der Waals surface area contributed by atoms with Crippen LogP contribution in [0.5, 0.6) is 0 Å². The van der Waals surface area contributed by atoms with E-state index in [1.165, 1.54) is 18.6 Å². The molecular weight excluding hydrogens is 452 g/mol. The van der Waals surface area contributed by atoms with Crippen molar-refractivity contribution >= 4 is 22.5 Å². The van der Waals surface area contributed by atoms with Crippen LogP contribution in [0.2, 0.25) is 0 Å². The smallest absolute Gasteiger partial charge is 0.320 e. The fourth-order valence-corrected chi connectivity index (χ4v) is 3.19. The number of pyridine rings is 2. The number of nitrogens with zero attached hydrogens (tertiary/aromatic N) is 4. The van der Waals surface area contributed by atoms with Crippen LogP contribution in [-0.4, -0.2) is 31.8 Å². The zero-order valence-electron chi connectivity index (χ0n) is 16.4. The molecule has 170 valence electrons. The molecule has 0 atom stereocenters. The molecule has 0 bridgehead atoms. The number of halogens is 6. The lowest BCUT2D eigenvalue weighted by Crippen LogP contribution is -2.17. The highest BCUT2D eigenvalue weighted by Gasteiger charge is 2.32. The predicted molar refractivity (Wildman–Crippen MR) is 106 cm³/mol. The lowest BCUT2D eigenvalue weighted by Gasteiger charge is -2.11. The average molecular weight is 465 g/mol. The Morgan fingerprint density at radius 1 is 0.970 bits per heavy atom. The molecule has 1 N–H and O–H groups in total. The zero-order valence-corrected chi connectivity index (χ0v) is 16.4. The van der Waals surface area contributed by atoms with E-state index in [0.717, 1.165) is 16.9 Å². The number of rotatable bonds is 4. The van der Waals surface area contributed by atoms with Gasteiger partial charge >= 0.3 is 12.4 Å². The molecule has 0 radical (unpaired) electrons. The Hall–Kier alpha value is -3.96. The SMILES string of the molecule is O=C(Nc1cccc2c(-c3cnn(CC(F)(F)F)c3)ccnc12)c1ccc(C(F)(F)F)nc1. The maximum atomic E-state index is 12.7. The van der Waals surface area contributed by atoms with E-state index >= 15 is 0 Å². The molecule has 6 nitrogen and oxygen atoms in total. The van der Waals surface area contributed by atoms with Gasteiger partial charge in [0.05, 0.1) is 23.0 Å². The van der Waals surface area contributed by atoms with Crippen LogP contribution in [0, 0.1) is 0 Å². The van der Waals surface area contributed by atoms with Gasteiger partial charge in [-0.1, -0.05) is 12.1 Å². The molecule has 0 aliphatic rings.